The summed E-state index contributed by atoms with van der Waals surface area (Å²) in [4.78, 5) is 25.2. The van der Waals surface area contributed by atoms with Crippen LogP contribution in [0.3, 0.4) is 0 Å². The predicted molar refractivity (Wildman–Crippen MR) is 100 cm³/mol. The summed E-state index contributed by atoms with van der Waals surface area (Å²) in [7, 11) is 1.61. The van der Waals surface area contributed by atoms with E-state index in [0.29, 0.717) is 18.4 Å². The summed E-state index contributed by atoms with van der Waals surface area (Å²) < 4.78 is 7.66. The lowest BCUT2D eigenvalue weighted by Crippen LogP contribution is -2.34. The van der Waals surface area contributed by atoms with E-state index in [1.807, 2.05) is 49.4 Å². The normalized spacial score (nSPS) is 12.1. The van der Waals surface area contributed by atoms with E-state index in [-0.39, 0.29) is 11.5 Å². The van der Waals surface area contributed by atoms with Crippen LogP contribution in [0.25, 0.3) is 10.1 Å². The number of benzene rings is 2. The van der Waals surface area contributed by atoms with Gasteiger partial charge >= 0.3 is 0 Å². The Bertz CT molecular complexity index is 945. The van der Waals surface area contributed by atoms with Crippen molar-refractivity contribution in [1.82, 2.24) is 9.27 Å². The fourth-order valence-corrected chi connectivity index (χ4v) is 3.90. The highest BCUT2D eigenvalue weighted by atomic mass is 32.1. The molecule has 1 heterocycles. The van der Waals surface area contributed by atoms with Crippen LogP contribution in [-0.2, 0) is 11.3 Å². The Morgan fingerprint density at radius 2 is 2.04 bits per heavy atom. The van der Waals surface area contributed by atoms with Gasteiger partial charge in [-0.2, -0.15) is 0 Å². The van der Waals surface area contributed by atoms with E-state index in [0.717, 1.165) is 16.0 Å². The molecule has 130 valence electrons. The molecule has 0 radical (unpaired) electrons. The zero-order valence-electron chi connectivity index (χ0n) is 14.2. The van der Waals surface area contributed by atoms with E-state index in [1.165, 1.54) is 11.5 Å². The molecule has 0 bridgehead atoms. The first-order valence-corrected chi connectivity index (χ1v) is 8.92. The lowest BCUT2D eigenvalue weighted by Gasteiger charge is -2.15. The van der Waals surface area contributed by atoms with Gasteiger partial charge in [0, 0.05) is 6.54 Å². The van der Waals surface area contributed by atoms with Gasteiger partial charge in [-0.1, -0.05) is 42.7 Å². The lowest BCUT2D eigenvalue weighted by atomic mass is 10.2. The first kappa shape index (κ1) is 17.2. The van der Waals surface area contributed by atoms with Gasteiger partial charge in [0.25, 0.3) is 5.56 Å². The number of ether oxygens (including phenoxy) is 1. The van der Waals surface area contributed by atoms with Crippen molar-refractivity contribution in [1.29, 1.82) is 0 Å². The Morgan fingerprint density at radius 1 is 1.24 bits per heavy atom. The molecule has 3 aromatic rings. The number of methoxy groups -OCH3 is 1. The Kier molecular flexibility index (Phi) is 5.19. The number of nitrogens with one attached hydrogen (secondary N) is 1. The summed E-state index contributed by atoms with van der Waals surface area (Å²) in [6.07, 6.45) is 0.552. The van der Waals surface area contributed by atoms with E-state index in [1.54, 1.807) is 17.1 Å². The molecular weight excluding hydrogens is 336 g/mol. The molecule has 5 nitrogen and oxygen atoms in total. The lowest BCUT2D eigenvalue weighted by molar-refractivity contribution is -0.124. The van der Waals surface area contributed by atoms with Gasteiger partial charge in [-0.3, -0.25) is 13.5 Å². The van der Waals surface area contributed by atoms with Gasteiger partial charge in [0.15, 0.2) is 0 Å². The molecule has 1 atom stereocenters. The standard InChI is InChI=1S/C19H20N2O3S/c1-3-16(21-19(23)15-9-4-5-10-17(15)25-21)18(22)20-12-13-7-6-8-14(11-13)24-2/h4-11,16H,3,12H2,1-2H3,(H,20,22)/t16-/m1/s1. The molecule has 0 spiro atoms. The van der Waals surface area contributed by atoms with Crippen molar-refractivity contribution in [2.45, 2.75) is 25.9 Å². The van der Waals surface area contributed by atoms with Crippen molar-refractivity contribution >= 4 is 27.5 Å². The largest absolute Gasteiger partial charge is 0.497 e. The number of carbonyl (C=O) groups is 1. The number of fused-ring (bicyclic) bond motifs is 1. The minimum absolute atomic E-state index is 0.107. The molecule has 6 heteroatoms. The van der Waals surface area contributed by atoms with Gasteiger partial charge in [0.2, 0.25) is 5.91 Å². The third-order valence-corrected chi connectivity index (χ3v) is 5.26. The molecule has 0 aliphatic heterocycles. The molecule has 0 aliphatic carbocycles. The predicted octanol–water partition coefficient (Wildman–Crippen LogP) is 3.34. The molecule has 3 rings (SSSR count). The molecule has 0 saturated heterocycles. The van der Waals surface area contributed by atoms with Gasteiger partial charge in [0.1, 0.15) is 11.8 Å². The molecular formula is C19H20N2O3S. The summed E-state index contributed by atoms with van der Waals surface area (Å²) in [5.41, 5.74) is 0.843. The highest BCUT2D eigenvalue weighted by Gasteiger charge is 2.22. The average Bonchev–Trinajstić information content (AvgIpc) is 2.98. The van der Waals surface area contributed by atoms with Crippen molar-refractivity contribution in [2.24, 2.45) is 0 Å². The Hall–Kier alpha value is -2.60. The molecule has 1 amide bonds. The van der Waals surface area contributed by atoms with Crippen LogP contribution in [0.4, 0.5) is 0 Å². The monoisotopic (exact) mass is 356 g/mol. The summed E-state index contributed by atoms with van der Waals surface area (Å²) in [6.45, 7) is 2.30. The van der Waals surface area contributed by atoms with Crippen molar-refractivity contribution in [3.8, 4) is 5.75 Å². The zero-order chi connectivity index (χ0) is 17.8. The molecule has 0 fully saturated rings. The zero-order valence-corrected chi connectivity index (χ0v) is 15.0. The quantitative estimate of drug-likeness (QED) is 0.737. The van der Waals surface area contributed by atoms with Crippen LogP contribution in [0.1, 0.15) is 24.9 Å². The molecule has 1 N–H and O–H groups in total. The van der Waals surface area contributed by atoms with E-state index >= 15 is 0 Å². The van der Waals surface area contributed by atoms with Gasteiger partial charge in [-0.05, 0) is 36.2 Å². The molecule has 25 heavy (non-hydrogen) atoms. The molecule has 2 aromatic carbocycles. The van der Waals surface area contributed by atoms with Gasteiger partial charge in [0.05, 0.1) is 17.2 Å². The highest BCUT2D eigenvalue weighted by Crippen LogP contribution is 2.21. The number of hydrogen-bond donors (Lipinski definition) is 1. The van der Waals surface area contributed by atoms with Crippen molar-refractivity contribution in [3.05, 3.63) is 64.4 Å². The van der Waals surface area contributed by atoms with E-state index in [9.17, 15) is 9.59 Å². The minimum Gasteiger partial charge on any atom is -0.497 e. The van der Waals surface area contributed by atoms with E-state index in [4.69, 9.17) is 4.74 Å². The summed E-state index contributed by atoms with van der Waals surface area (Å²) in [5.74, 6) is 0.596. The number of hydrogen-bond acceptors (Lipinski definition) is 4. The maximum atomic E-state index is 12.6. The maximum Gasteiger partial charge on any atom is 0.269 e. The summed E-state index contributed by atoms with van der Waals surface area (Å²) >= 11 is 1.34. The smallest absolute Gasteiger partial charge is 0.269 e. The number of nitrogens with zero attached hydrogens (tertiary/aromatic N) is 1. The molecule has 1 aromatic heterocycles. The highest BCUT2D eigenvalue weighted by molar-refractivity contribution is 7.14. The number of rotatable bonds is 6. The fraction of sp³-hybridized carbons (Fsp3) is 0.263. The molecule has 0 saturated carbocycles. The Morgan fingerprint density at radius 3 is 2.76 bits per heavy atom. The van der Waals surface area contributed by atoms with Crippen molar-refractivity contribution < 1.29 is 9.53 Å². The summed E-state index contributed by atoms with van der Waals surface area (Å²) in [5, 5.41) is 3.58. The average molecular weight is 356 g/mol. The minimum atomic E-state index is -0.504. The second-order valence-corrected chi connectivity index (χ2v) is 6.73. The third kappa shape index (κ3) is 3.58. The van der Waals surface area contributed by atoms with Crippen LogP contribution in [0, 0.1) is 0 Å². The van der Waals surface area contributed by atoms with Crippen LogP contribution in [0.15, 0.2) is 53.3 Å². The van der Waals surface area contributed by atoms with Gasteiger partial charge in [-0.15, -0.1) is 0 Å². The Balaban J connectivity index is 1.78. The van der Waals surface area contributed by atoms with Crippen molar-refractivity contribution in [2.75, 3.05) is 7.11 Å². The number of carbonyl (C=O) groups excluding carboxylic acids is 1. The first-order valence-electron chi connectivity index (χ1n) is 8.15. The topological polar surface area (TPSA) is 60.3 Å². The number of amides is 1. The van der Waals surface area contributed by atoms with Crippen LogP contribution in [0.2, 0.25) is 0 Å². The third-order valence-electron chi connectivity index (χ3n) is 4.09. The molecule has 0 unspecified atom stereocenters. The van der Waals surface area contributed by atoms with Crippen LogP contribution < -0.4 is 15.6 Å². The van der Waals surface area contributed by atoms with Gasteiger partial charge < -0.3 is 10.1 Å². The second kappa shape index (κ2) is 7.53. The summed E-state index contributed by atoms with van der Waals surface area (Å²) in [6, 6.07) is 14.5. The van der Waals surface area contributed by atoms with Crippen LogP contribution in [0.5, 0.6) is 5.75 Å². The van der Waals surface area contributed by atoms with Crippen LogP contribution in [-0.4, -0.2) is 17.0 Å². The fourth-order valence-electron chi connectivity index (χ4n) is 2.74. The Labute approximate surface area is 150 Å². The number of aromatic nitrogens is 1. The van der Waals surface area contributed by atoms with E-state index < -0.39 is 6.04 Å². The van der Waals surface area contributed by atoms with Crippen molar-refractivity contribution in [3.63, 3.8) is 0 Å². The van der Waals surface area contributed by atoms with E-state index in [2.05, 4.69) is 5.32 Å². The first-order chi connectivity index (χ1) is 12.1. The van der Waals surface area contributed by atoms with Crippen LogP contribution >= 0.6 is 11.5 Å². The molecule has 0 aliphatic rings. The maximum absolute atomic E-state index is 12.6. The SMILES string of the molecule is CC[C@H](C(=O)NCc1cccc(OC)c1)n1sc2ccccc2c1=O. The van der Waals surface area contributed by atoms with Gasteiger partial charge in [-0.25, -0.2) is 0 Å². The second-order valence-electron chi connectivity index (χ2n) is 5.71.